The van der Waals surface area contributed by atoms with Gasteiger partial charge in [0.05, 0.1) is 0 Å². The molecule has 0 spiro atoms. The second kappa shape index (κ2) is 4.49. The van der Waals surface area contributed by atoms with Crippen molar-refractivity contribution in [1.82, 2.24) is 10.6 Å². The molecule has 1 heterocycles. The molecule has 1 aliphatic carbocycles. The Hall–Kier alpha value is 0.270. The molecule has 2 nitrogen and oxygen atoms in total. The Morgan fingerprint density at radius 1 is 1.33 bits per heavy atom. The zero-order valence-electron chi connectivity index (χ0n) is 7.51. The van der Waals surface area contributed by atoms with Crippen molar-refractivity contribution < 1.29 is 0 Å². The van der Waals surface area contributed by atoms with Gasteiger partial charge in [-0.3, -0.25) is 0 Å². The molecule has 2 fully saturated rings. The van der Waals surface area contributed by atoms with Crippen LogP contribution < -0.4 is 10.6 Å². The number of hydrogen-bond donors (Lipinski definition) is 2. The molecule has 1 atom stereocenters. The van der Waals surface area contributed by atoms with Crippen LogP contribution in [0.1, 0.15) is 12.8 Å². The first-order valence-electron chi connectivity index (χ1n) is 4.97. The fourth-order valence-corrected chi connectivity index (χ4v) is 2.48. The van der Waals surface area contributed by atoms with Gasteiger partial charge in [0.25, 0.3) is 0 Å². The number of thioether (sulfide) groups is 1. The van der Waals surface area contributed by atoms with Crippen molar-refractivity contribution in [3.8, 4) is 0 Å². The molecular weight excluding hydrogens is 168 g/mol. The van der Waals surface area contributed by atoms with Gasteiger partial charge in [-0.25, -0.2) is 0 Å². The maximum Gasteiger partial charge on any atom is 0.0283 e. The van der Waals surface area contributed by atoms with E-state index < -0.39 is 0 Å². The van der Waals surface area contributed by atoms with E-state index in [0.29, 0.717) is 0 Å². The lowest BCUT2D eigenvalue weighted by molar-refractivity contribution is 0.505. The second-order valence-corrected chi connectivity index (χ2v) is 4.98. The predicted molar refractivity (Wildman–Crippen MR) is 54.7 cm³/mol. The minimum atomic E-state index is 0.725. The van der Waals surface area contributed by atoms with Crippen molar-refractivity contribution in [3.63, 3.8) is 0 Å². The van der Waals surface area contributed by atoms with Crippen molar-refractivity contribution in [2.45, 2.75) is 18.9 Å². The quantitative estimate of drug-likeness (QED) is 0.675. The molecule has 0 radical (unpaired) electrons. The average molecular weight is 186 g/mol. The van der Waals surface area contributed by atoms with Crippen molar-refractivity contribution >= 4 is 11.8 Å². The van der Waals surface area contributed by atoms with Crippen LogP contribution in [-0.4, -0.2) is 37.2 Å². The van der Waals surface area contributed by atoms with Gasteiger partial charge in [0, 0.05) is 30.6 Å². The van der Waals surface area contributed by atoms with Crippen LogP contribution in [0.15, 0.2) is 0 Å². The van der Waals surface area contributed by atoms with Crippen LogP contribution in [0.5, 0.6) is 0 Å². The second-order valence-electron chi connectivity index (χ2n) is 3.83. The Balaban J connectivity index is 1.52. The molecule has 1 saturated carbocycles. The maximum absolute atomic E-state index is 3.54. The molecule has 1 unspecified atom stereocenters. The summed E-state index contributed by atoms with van der Waals surface area (Å²) in [5, 5.41) is 7.07. The van der Waals surface area contributed by atoms with E-state index in [-0.39, 0.29) is 0 Å². The summed E-state index contributed by atoms with van der Waals surface area (Å²) in [6, 6.07) is 0.725. The van der Waals surface area contributed by atoms with Crippen LogP contribution in [0, 0.1) is 5.92 Å². The molecular formula is C9H18N2S. The molecule has 0 aromatic rings. The largest absolute Gasteiger partial charge is 0.315 e. The standard InChI is InChI=1S/C9H18N2S/c1-2-8(1)5-10-6-9-7-12-4-3-11-9/h8-11H,1-7H2. The number of rotatable bonds is 4. The van der Waals surface area contributed by atoms with Gasteiger partial charge in [0.15, 0.2) is 0 Å². The average Bonchev–Trinajstić information content (AvgIpc) is 2.90. The van der Waals surface area contributed by atoms with Gasteiger partial charge in [-0.15, -0.1) is 0 Å². The maximum atomic E-state index is 3.54. The van der Waals surface area contributed by atoms with Crippen LogP contribution in [0.2, 0.25) is 0 Å². The lowest BCUT2D eigenvalue weighted by Crippen LogP contribution is -2.44. The van der Waals surface area contributed by atoms with E-state index in [1.807, 2.05) is 0 Å². The number of hydrogen-bond acceptors (Lipinski definition) is 3. The van der Waals surface area contributed by atoms with Gasteiger partial charge < -0.3 is 10.6 Å². The molecule has 0 bridgehead atoms. The van der Waals surface area contributed by atoms with Crippen LogP contribution in [0.25, 0.3) is 0 Å². The van der Waals surface area contributed by atoms with Gasteiger partial charge in [0.1, 0.15) is 0 Å². The molecule has 12 heavy (non-hydrogen) atoms. The lowest BCUT2D eigenvalue weighted by atomic mass is 10.3. The first kappa shape index (κ1) is 8.85. The molecule has 0 aromatic heterocycles. The Morgan fingerprint density at radius 2 is 2.25 bits per heavy atom. The summed E-state index contributed by atoms with van der Waals surface area (Å²) in [6.45, 7) is 3.62. The Labute approximate surface area is 78.9 Å². The van der Waals surface area contributed by atoms with Crippen LogP contribution >= 0.6 is 11.8 Å². The minimum absolute atomic E-state index is 0.725. The minimum Gasteiger partial charge on any atom is -0.315 e. The van der Waals surface area contributed by atoms with E-state index in [4.69, 9.17) is 0 Å². The van der Waals surface area contributed by atoms with Gasteiger partial charge >= 0.3 is 0 Å². The van der Waals surface area contributed by atoms with Crippen LogP contribution in [-0.2, 0) is 0 Å². The Morgan fingerprint density at radius 3 is 2.92 bits per heavy atom. The third-order valence-electron chi connectivity index (χ3n) is 2.52. The Bertz CT molecular complexity index is 130. The van der Waals surface area contributed by atoms with E-state index in [9.17, 15) is 0 Å². The lowest BCUT2D eigenvalue weighted by Gasteiger charge is -2.23. The zero-order valence-corrected chi connectivity index (χ0v) is 8.33. The number of nitrogens with one attached hydrogen (secondary N) is 2. The summed E-state index contributed by atoms with van der Waals surface area (Å²) in [7, 11) is 0. The Kier molecular flexibility index (Phi) is 3.31. The van der Waals surface area contributed by atoms with Crippen LogP contribution in [0.4, 0.5) is 0 Å². The molecule has 1 saturated heterocycles. The van der Waals surface area contributed by atoms with Gasteiger partial charge in [-0.1, -0.05) is 0 Å². The molecule has 70 valence electrons. The first-order chi connectivity index (χ1) is 5.95. The third-order valence-corrected chi connectivity index (χ3v) is 3.65. The van der Waals surface area contributed by atoms with E-state index in [1.165, 1.54) is 44.0 Å². The summed E-state index contributed by atoms with van der Waals surface area (Å²) in [5.41, 5.74) is 0. The molecule has 2 aliphatic rings. The molecule has 0 aromatic carbocycles. The summed E-state index contributed by atoms with van der Waals surface area (Å²) in [6.07, 6.45) is 2.92. The van der Waals surface area contributed by atoms with Crippen molar-refractivity contribution in [2.24, 2.45) is 5.92 Å². The fourth-order valence-electron chi connectivity index (χ4n) is 1.53. The van der Waals surface area contributed by atoms with Gasteiger partial charge in [-0.2, -0.15) is 11.8 Å². The van der Waals surface area contributed by atoms with Gasteiger partial charge in [-0.05, 0) is 25.3 Å². The summed E-state index contributed by atoms with van der Waals surface area (Å²) in [4.78, 5) is 0. The monoisotopic (exact) mass is 186 g/mol. The fraction of sp³-hybridized carbons (Fsp3) is 1.00. The first-order valence-corrected chi connectivity index (χ1v) is 6.12. The van der Waals surface area contributed by atoms with E-state index in [1.54, 1.807) is 0 Å². The SMILES string of the molecule is C1CSCC(CNCC2CC2)N1. The predicted octanol–water partition coefficient (Wildman–Crippen LogP) is 0.691. The van der Waals surface area contributed by atoms with Crippen molar-refractivity contribution in [3.05, 3.63) is 0 Å². The summed E-state index contributed by atoms with van der Waals surface area (Å²) in [5.74, 6) is 3.60. The van der Waals surface area contributed by atoms with Crippen molar-refractivity contribution in [2.75, 3.05) is 31.1 Å². The van der Waals surface area contributed by atoms with Crippen LogP contribution in [0.3, 0.4) is 0 Å². The van der Waals surface area contributed by atoms with E-state index >= 15 is 0 Å². The van der Waals surface area contributed by atoms with Crippen molar-refractivity contribution in [1.29, 1.82) is 0 Å². The molecule has 0 amide bonds. The smallest absolute Gasteiger partial charge is 0.0283 e. The highest BCUT2D eigenvalue weighted by atomic mass is 32.2. The van der Waals surface area contributed by atoms with E-state index in [2.05, 4.69) is 22.4 Å². The normalized spacial score (nSPS) is 30.5. The molecule has 3 heteroatoms. The topological polar surface area (TPSA) is 24.1 Å². The third kappa shape index (κ3) is 2.96. The summed E-state index contributed by atoms with van der Waals surface area (Å²) < 4.78 is 0. The molecule has 1 aliphatic heterocycles. The zero-order chi connectivity index (χ0) is 8.23. The highest BCUT2D eigenvalue weighted by molar-refractivity contribution is 7.99. The van der Waals surface area contributed by atoms with Gasteiger partial charge in [0.2, 0.25) is 0 Å². The summed E-state index contributed by atoms with van der Waals surface area (Å²) >= 11 is 2.07. The highest BCUT2D eigenvalue weighted by Crippen LogP contribution is 2.27. The highest BCUT2D eigenvalue weighted by Gasteiger charge is 2.21. The molecule has 2 N–H and O–H groups in total. The molecule has 2 rings (SSSR count). The van der Waals surface area contributed by atoms with E-state index in [0.717, 1.165) is 12.0 Å².